The summed E-state index contributed by atoms with van der Waals surface area (Å²) in [5, 5.41) is 14.7. The van der Waals surface area contributed by atoms with Crippen LogP contribution in [-0.4, -0.2) is 34.6 Å². The SMILES string of the molecule is CN=C1CC(C)(C)CC(=O)C1=C(O)CCc1noc2c1C(=O)CC(C)(C)C2. The van der Waals surface area contributed by atoms with Crippen LogP contribution in [0.3, 0.4) is 0 Å². The van der Waals surface area contributed by atoms with Gasteiger partial charge in [0.2, 0.25) is 0 Å². The zero-order valence-electron chi connectivity index (χ0n) is 16.8. The van der Waals surface area contributed by atoms with Crippen molar-refractivity contribution in [3.63, 3.8) is 0 Å². The van der Waals surface area contributed by atoms with Crippen LogP contribution in [0.15, 0.2) is 20.8 Å². The summed E-state index contributed by atoms with van der Waals surface area (Å²) in [6.45, 7) is 8.12. The molecule has 0 bridgehead atoms. The third kappa shape index (κ3) is 3.89. The van der Waals surface area contributed by atoms with Crippen LogP contribution in [0, 0.1) is 10.8 Å². The van der Waals surface area contributed by atoms with Gasteiger partial charge in [0.05, 0.1) is 16.8 Å². The number of ketones is 2. The third-order valence-corrected chi connectivity index (χ3v) is 5.40. The number of aliphatic hydroxyl groups excluding tert-OH is 1. The summed E-state index contributed by atoms with van der Waals surface area (Å²) in [5.41, 5.74) is 1.83. The van der Waals surface area contributed by atoms with Crippen molar-refractivity contribution in [2.45, 2.75) is 66.2 Å². The van der Waals surface area contributed by atoms with Crippen molar-refractivity contribution >= 4 is 17.3 Å². The van der Waals surface area contributed by atoms with Gasteiger partial charge in [-0.1, -0.05) is 32.9 Å². The highest BCUT2D eigenvalue weighted by atomic mass is 16.5. The summed E-state index contributed by atoms with van der Waals surface area (Å²) in [6.07, 6.45) is 2.76. The molecule has 2 aliphatic rings. The molecule has 6 heteroatoms. The van der Waals surface area contributed by atoms with Gasteiger partial charge in [0, 0.05) is 44.9 Å². The van der Waals surface area contributed by atoms with Gasteiger partial charge in [0.15, 0.2) is 11.6 Å². The first-order chi connectivity index (χ1) is 12.5. The van der Waals surface area contributed by atoms with Crippen LogP contribution in [0.5, 0.6) is 0 Å². The molecule has 146 valence electrons. The van der Waals surface area contributed by atoms with E-state index in [0.29, 0.717) is 60.4 Å². The molecule has 0 radical (unpaired) electrons. The third-order valence-electron chi connectivity index (χ3n) is 5.40. The van der Waals surface area contributed by atoms with Crippen LogP contribution in [0.25, 0.3) is 0 Å². The van der Waals surface area contributed by atoms with Gasteiger partial charge in [-0.15, -0.1) is 0 Å². The predicted octanol–water partition coefficient (Wildman–Crippen LogP) is 4.03. The standard InChI is InChI=1S/C21H28N2O4/c1-20(2)8-13(22-5)18(15(25)9-20)14(24)7-6-12-19-16(26)10-21(3,4)11-17(19)27-23-12/h24H,6-11H2,1-5H3. The Bertz CT molecular complexity index is 856. The van der Waals surface area contributed by atoms with Crippen molar-refractivity contribution in [3.05, 3.63) is 28.3 Å². The lowest BCUT2D eigenvalue weighted by Crippen LogP contribution is -2.32. The highest BCUT2D eigenvalue weighted by molar-refractivity contribution is 6.24. The van der Waals surface area contributed by atoms with E-state index >= 15 is 0 Å². The van der Waals surface area contributed by atoms with Gasteiger partial charge < -0.3 is 9.63 Å². The van der Waals surface area contributed by atoms with Crippen LogP contribution in [0.1, 0.15) is 75.2 Å². The number of fused-ring (bicyclic) bond motifs is 1. The van der Waals surface area contributed by atoms with Crippen LogP contribution >= 0.6 is 0 Å². The number of hydrogen-bond donors (Lipinski definition) is 1. The topological polar surface area (TPSA) is 92.8 Å². The molecule has 1 fully saturated rings. The number of aliphatic imine (C=N–C) groups is 1. The second kappa shape index (κ2) is 6.73. The number of aliphatic hydroxyl groups is 1. The first kappa shape index (κ1) is 19.5. The van der Waals surface area contributed by atoms with Crippen LogP contribution in [0.4, 0.5) is 0 Å². The number of allylic oxidation sites excluding steroid dienone is 2. The first-order valence-electron chi connectivity index (χ1n) is 9.45. The van der Waals surface area contributed by atoms with E-state index in [-0.39, 0.29) is 34.6 Å². The molecule has 3 rings (SSSR count). The van der Waals surface area contributed by atoms with E-state index < -0.39 is 0 Å². The molecule has 0 saturated heterocycles. The van der Waals surface area contributed by atoms with Gasteiger partial charge in [-0.05, 0) is 17.3 Å². The van der Waals surface area contributed by atoms with E-state index in [9.17, 15) is 14.7 Å². The summed E-state index contributed by atoms with van der Waals surface area (Å²) in [4.78, 5) is 29.3. The minimum Gasteiger partial charge on any atom is -0.511 e. The quantitative estimate of drug-likeness (QED) is 0.638. The Hall–Kier alpha value is -2.24. The van der Waals surface area contributed by atoms with Crippen LogP contribution in [-0.2, 0) is 17.6 Å². The van der Waals surface area contributed by atoms with Gasteiger partial charge in [-0.2, -0.15) is 0 Å². The average Bonchev–Trinajstić information content (AvgIpc) is 2.92. The lowest BCUT2D eigenvalue weighted by atomic mass is 9.73. The fourth-order valence-corrected chi connectivity index (χ4v) is 4.16. The molecule has 6 nitrogen and oxygen atoms in total. The van der Waals surface area contributed by atoms with E-state index in [1.54, 1.807) is 7.05 Å². The summed E-state index contributed by atoms with van der Waals surface area (Å²) in [5.74, 6) is 0.612. The van der Waals surface area contributed by atoms with Crippen molar-refractivity contribution in [1.29, 1.82) is 0 Å². The maximum atomic E-state index is 12.6. The number of carbonyl (C=O) groups is 2. The van der Waals surface area contributed by atoms with E-state index in [0.717, 1.165) is 0 Å². The average molecular weight is 372 g/mol. The molecule has 1 saturated carbocycles. The number of aryl methyl sites for hydroxylation is 1. The highest BCUT2D eigenvalue weighted by Crippen LogP contribution is 2.38. The first-order valence-corrected chi connectivity index (χ1v) is 9.45. The van der Waals surface area contributed by atoms with Crippen molar-refractivity contribution in [2.75, 3.05) is 7.05 Å². The predicted molar refractivity (Wildman–Crippen MR) is 102 cm³/mol. The van der Waals surface area contributed by atoms with Crippen LogP contribution < -0.4 is 0 Å². The smallest absolute Gasteiger partial charge is 0.168 e. The molecule has 1 N–H and O–H groups in total. The molecule has 0 unspecified atom stereocenters. The number of aromatic nitrogens is 1. The molecular formula is C21H28N2O4. The van der Waals surface area contributed by atoms with Gasteiger partial charge in [-0.3, -0.25) is 14.6 Å². The Balaban J connectivity index is 1.82. The Kier molecular flexibility index (Phi) is 4.87. The fourth-order valence-electron chi connectivity index (χ4n) is 4.16. The van der Waals surface area contributed by atoms with Gasteiger partial charge >= 0.3 is 0 Å². The summed E-state index contributed by atoms with van der Waals surface area (Å²) < 4.78 is 5.40. The Labute approximate surface area is 159 Å². The number of nitrogens with zero attached hydrogens (tertiary/aromatic N) is 2. The lowest BCUT2D eigenvalue weighted by Gasteiger charge is -2.31. The number of hydrogen-bond acceptors (Lipinski definition) is 6. The van der Waals surface area contributed by atoms with Crippen LogP contribution in [0.2, 0.25) is 0 Å². The van der Waals surface area contributed by atoms with Crippen molar-refractivity contribution in [1.82, 2.24) is 5.16 Å². The lowest BCUT2D eigenvalue weighted by molar-refractivity contribution is -0.117. The van der Waals surface area contributed by atoms with E-state index in [2.05, 4.69) is 10.1 Å². The largest absolute Gasteiger partial charge is 0.511 e. The van der Waals surface area contributed by atoms with Gasteiger partial charge in [0.1, 0.15) is 11.5 Å². The molecule has 0 aromatic carbocycles. The molecule has 0 aliphatic heterocycles. The second-order valence-electron chi connectivity index (χ2n) is 9.30. The normalized spacial score (nSPS) is 24.9. The number of Topliss-reactive ketones (excluding diaryl/α,β-unsaturated/α-hetero) is 2. The Morgan fingerprint density at radius 2 is 1.70 bits per heavy atom. The summed E-state index contributed by atoms with van der Waals surface area (Å²) in [6, 6.07) is 0. The molecule has 2 aliphatic carbocycles. The minimum atomic E-state index is -0.153. The molecule has 0 atom stereocenters. The molecule has 0 amide bonds. The molecule has 0 spiro atoms. The van der Waals surface area contributed by atoms with E-state index in [1.165, 1.54) is 0 Å². The maximum Gasteiger partial charge on any atom is 0.168 e. The summed E-state index contributed by atoms with van der Waals surface area (Å²) in [7, 11) is 1.64. The fraction of sp³-hybridized carbons (Fsp3) is 0.619. The second-order valence-corrected chi connectivity index (χ2v) is 9.30. The van der Waals surface area contributed by atoms with E-state index in [4.69, 9.17) is 4.52 Å². The highest BCUT2D eigenvalue weighted by Gasteiger charge is 2.37. The Morgan fingerprint density at radius 3 is 2.37 bits per heavy atom. The number of carbonyl (C=O) groups excluding carboxylic acids is 2. The Morgan fingerprint density at radius 1 is 1.07 bits per heavy atom. The van der Waals surface area contributed by atoms with Gasteiger partial charge in [-0.25, -0.2) is 0 Å². The number of rotatable bonds is 3. The van der Waals surface area contributed by atoms with Crippen molar-refractivity contribution in [2.24, 2.45) is 15.8 Å². The monoisotopic (exact) mass is 372 g/mol. The maximum absolute atomic E-state index is 12.6. The summed E-state index contributed by atoms with van der Waals surface area (Å²) >= 11 is 0. The molecule has 1 aromatic rings. The zero-order valence-corrected chi connectivity index (χ0v) is 16.8. The van der Waals surface area contributed by atoms with Crippen molar-refractivity contribution < 1.29 is 19.2 Å². The zero-order chi connectivity index (χ0) is 20.0. The minimum absolute atomic E-state index is 0.0245. The molecular weight excluding hydrogens is 344 g/mol. The molecule has 1 aromatic heterocycles. The van der Waals surface area contributed by atoms with E-state index in [1.807, 2.05) is 27.7 Å². The van der Waals surface area contributed by atoms with Gasteiger partial charge in [0.25, 0.3) is 0 Å². The molecule has 27 heavy (non-hydrogen) atoms. The van der Waals surface area contributed by atoms with Crippen molar-refractivity contribution in [3.8, 4) is 0 Å². The molecule has 1 heterocycles.